The Balaban J connectivity index is 2.16. The second-order valence-electron chi connectivity index (χ2n) is 2.91. The Labute approximate surface area is 88.4 Å². The van der Waals surface area contributed by atoms with Gasteiger partial charge in [-0.3, -0.25) is 4.98 Å². The number of nitrogens with zero attached hydrogens (tertiary/aromatic N) is 1. The highest BCUT2D eigenvalue weighted by Gasteiger charge is 1.92. The van der Waals surface area contributed by atoms with Crippen LogP contribution in [0.1, 0.15) is 0 Å². The smallest absolute Gasteiger partial charge is 0.0570 e. The van der Waals surface area contributed by atoms with Gasteiger partial charge >= 0.3 is 0 Å². The molecule has 0 atom stereocenters. The summed E-state index contributed by atoms with van der Waals surface area (Å²) >= 11 is 4.22. The lowest BCUT2D eigenvalue weighted by Crippen LogP contribution is -1.89. The molecule has 3 heteroatoms. The molecule has 0 unspecified atom stereocenters. The Morgan fingerprint density at radius 1 is 1.00 bits per heavy atom. The van der Waals surface area contributed by atoms with Gasteiger partial charge in [0, 0.05) is 16.8 Å². The van der Waals surface area contributed by atoms with E-state index < -0.39 is 0 Å². The zero-order valence-electron chi connectivity index (χ0n) is 7.51. The van der Waals surface area contributed by atoms with E-state index in [2.05, 4.69) is 22.9 Å². The maximum Gasteiger partial charge on any atom is 0.0570 e. The highest BCUT2D eigenvalue weighted by molar-refractivity contribution is 7.80. The summed E-state index contributed by atoms with van der Waals surface area (Å²) in [5.41, 5.74) is 2.02. The number of aromatic nitrogens is 1. The topological polar surface area (TPSA) is 24.9 Å². The molecule has 1 heterocycles. The van der Waals surface area contributed by atoms with Gasteiger partial charge in [0.05, 0.1) is 11.9 Å². The Morgan fingerprint density at radius 3 is 2.43 bits per heavy atom. The van der Waals surface area contributed by atoms with Crippen molar-refractivity contribution in [1.29, 1.82) is 0 Å². The molecule has 0 spiro atoms. The van der Waals surface area contributed by atoms with Crippen LogP contribution in [0.4, 0.5) is 11.4 Å². The molecule has 0 radical (unpaired) electrons. The lowest BCUT2D eigenvalue weighted by atomic mass is 10.3. The maximum atomic E-state index is 4.22. The minimum Gasteiger partial charge on any atom is -0.354 e. The first-order valence-corrected chi connectivity index (χ1v) is 4.75. The van der Waals surface area contributed by atoms with Crippen LogP contribution in [0.15, 0.2) is 53.7 Å². The molecule has 0 aliphatic heterocycles. The largest absolute Gasteiger partial charge is 0.354 e. The van der Waals surface area contributed by atoms with Gasteiger partial charge in [-0.05, 0) is 36.4 Å². The van der Waals surface area contributed by atoms with Gasteiger partial charge in [0.15, 0.2) is 0 Å². The van der Waals surface area contributed by atoms with Crippen LogP contribution in [0.2, 0.25) is 0 Å². The summed E-state index contributed by atoms with van der Waals surface area (Å²) in [5, 5.41) is 3.23. The quantitative estimate of drug-likeness (QED) is 0.731. The van der Waals surface area contributed by atoms with E-state index in [1.54, 1.807) is 12.4 Å². The van der Waals surface area contributed by atoms with Gasteiger partial charge in [0.2, 0.25) is 0 Å². The molecule has 2 aromatic rings. The monoisotopic (exact) mass is 202 g/mol. The number of benzene rings is 1. The number of rotatable bonds is 2. The standard InChI is InChI=1S/C11H10N2S/c14-11-5-3-9(4-6-11)13-10-2-1-7-12-8-10/h1-8,13-14H. The van der Waals surface area contributed by atoms with Crippen molar-refractivity contribution in [3.05, 3.63) is 48.8 Å². The third-order valence-electron chi connectivity index (χ3n) is 1.82. The highest BCUT2D eigenvalue weighted by atomic mass is 32.1. The van der Waals surface area contributed by atoms with Crippen LogP contribution in [0.25, 0.3) is 0 Å². The minimum absolute atomic E-state index is 0.960. The van der Waals surface area contributed by atoms with Crippen LogP contribution in [0.5, 0.6) is 0 Å². The summed E-state index contributed by atoms with van der Waals surface area (Å²) in [6, 6.07) is 11.7. The molecule has 0 amide bonds. The molecule has 0 saturated carbocycles. The summed E-state index contributed by atoms with van der Waals surface area (Å²) < 4.78 is 0. The second-order valence-corrected chi connectivity index (χ2v) is 3.43. The normalized spacial score (nSPS) is 9.79. The zero-order chi connectivity index (χ0) is 9.80. The first kappa shape index (κ1) is 9.09. The van der Waals surface area contributed by atoms with Crippen molar-refractivity contribution in [3.8, 4) is 0 Å². The van der Waals surface area contributed by atoms with Crippen molar-refractivity contribution in [2.45, 2.75) is 4.90 Å². The Hall–Kier alpha value is -1.48. The Bertz CT molecular complexity index is 397. The molecule has 0 fully saturated rings. The summed E-state index contributed by atoms with van der Waals surface area (Å²) in [4.78, 5) is 4.98. The number of anilines is 2. The predicted molar refractivity (Wildman–Crippen MR) is 61.2 cm³/mol. The van der Waals surface area contributed by atoms with Gasteiger partial charge in [-0.2, -0.15) is 0 Å². The fraction of sp³-hybridized carbons (Fsp3) is 0. The van der Waals surface area contributed by atoms with Crippen LogP contribution in [-0.4, -0.2) is 4.98 Å². The van der Waals surface area contributed by atoms with Gasteiger partial charge in [0.25, 0.3) is 0 Å². The van der Waals surface area contributed by atoms with E-state index in [9.17, 15) is 0 Å². The molecular weight excluding hydrogens is 192 g/mol. The third kappa shape index (κ3) is 2.26. The van der Waals surface area contributed by atoms with Crippen molar-refractivity contribution >= 4 is 24.0 Å². The summed E-state index contributed by atoms with van der Waals surface area (Å²) in [6.45, 7) is 0. The average molecular weight is 202 g/mol. The molecule has 0 aliphatic rings. The fourth-order valence-corrected chi connectivity index (χ4v) is 1.30. The summed E-state index contributed by atoms with van der Waals surface area (Å²) in [5.74, 6) is 0. The van der Waals surface area contributed by atoms with E-state index in [4.69, 9.17) is 0 Å². The van der Waals surface area contributed by atoms with E-state index >= 15 is 0 Å². The van der Waals surface area contributed by atoms with Crippen LogP contribution in [-0.2, 0) is 0 Å². The van der Waals surface area contributed by atoms with Crippen molar-refractivity contribution < 1.29 is 0 Å². The lowest BCUT2D eigenvalue weighted by molar-refractivity contribution is 1.32. The summed E-state index contributed by atoms with van der Waals surface area (Å²) in [7, 11) is 0. The number of thiol groups is 1. The average Bonchev–Trinajstić information content (AvgIpc) is 2.23. The Morgan fingerprint density at radius 2 is 1.79 bits per heavy atom. The van der Waals surface area contributed by atoms with E-state index in [0.717, 1.165) is 16.3 Å². The molecular formula is C11H10N2S. The lowest BCUT2D eigenvalue weighted by Gasteiger charge is -2.04. The molecule has 0 bridgehead atoms. The van der Waals surface area contributed by atoms with Crippen molar-refractivity contribution in [2.24, 2.45) is 0 Å². The van der Waals surface area contributed by atoms with Crippen molar-refractivity contribution in [3.63, 3.8) is 0 Å². The fourth-order valence-electron chi connectivity index (χ4n) is 1.15. The molecule has 2 nitrogen and oxygen atoms in total. The summed E-state index contributed by atoms with van der Waals surface area (Å²) in [6.07, 6.45) is 3.54. The van der Waals surface area contributed by atoms with Gasteiger partial charge in [-0.25, -0.2) is 0 Å². The molecule has 0 aliphatic carbocycles. The van der Waals surface area contributed by atoms with E-state index in [1.807, 2.05) is 36.4 Å². The minimum atomic E-state index is 0.960. The van der Waals surface area contributed by atoms with E-state index in [0.29, 0.717) is 0 Å². The molecule has 1 aromatic carbocycles. The zero-order valence-corrected chi connectivity index (χ0v) is 8.41. The van der Waals surface area contributed by atoms with Gasteiger partial charge < -0.3 is 5.32 Å². The number of hydrogen-bond acceptors (Lipinski definition) is 3. The van der Waals surface area contributed by atoms with E-state index in [1.165, 1.54) is 0 Å². The predicted octanol–water partition coefficient (Wildman–Crippen LogP) is 3.11. The maximum absolute atomic E-state index is 4.22. The number of nitrogens with one attached hydrogen (secondary N) is 1. The first-order chi connectivity index (χ1) is 6.84. The van der Waals surface area contributed by atoms with Crippen LogP contribution in [0.3, 0.4) is 0 Å². The van der Waals surface area contributed by atoms with Crippen LogP contribution < -0.4 is 5.32 Å². The molecule has 1 aromatic heterocycles. The van der Waals surface area contributed by atoms with Crippen molar-refractivity contribution in [1.82, 2.24) is 4.98 Å². The number of hydrogen-bond donors (Lipinski definition) is 2. The molecule has 1 N–H and O–H groups in total. The first-order valence-electron chi connectivity index (χ1n) is 4.31. The van der Waals surface area contributed by atoms with Crippen molar-refractivity contribution in [2.75, 3.05) is 5.32 Å². The molecule has 2 rings (SSSR count). The van der Waals surface area contributed by atoms with Gasteiger partial charge in [-0.15, -0.1) is 12.6 Å². The highest BCUT2D eigenvalue weighted by Crippen LogP contribution is 2.16. The van der Waals surface area contributed by atoms with Gasteiger partial charge in [0.1, 0.15) is 0 Å². The van der Waals surface area contributed by atoms with E-state index in [-0.39, 0.29) is 0 Å². The molecule has 70 valence electrons. The number of pyridine rings is 1. The van der Waals surface area contributed by atoms with Crippen LogP contribution >= 0.6 is 12.6 Å². The second kappa shape index (κ2) is 4.15. The molecule has 14 heavy (non-hydrogen) atoms. The molecule has 0 saturated heterocycles. The van der Waals surface area contributed by atoms with Gasteiger partial charge in [-0.1, -0.05) is 0 Å². The third-order valence-corrected chi connectivity index (χ3v) is 2.12. The SMILES string of the molecule is Sc1ccc(Nc2cccnc2)cc1. The Kier molecular flexibility index (Phi) is 2.70. The van der Waals surface area contributed by atoms with Crippen LogP contribution in [0, 0.1) is 0 Å².